The summed E-state index contributed by atoms with van der Waals surface area (Å²) in [7, 11) is 1.99. The van der Waals surface area contributed by atoms with Gasteiger partial charge in [0.1, 0.15) is 0 Å². The number of aliphatic carboxylic acids is 1. The SMILES string of the molecule is CC1=CC(c2noc(-c3nn(C)c4c3CCC(C)(C)C4)n2)=CC(C)C1CCN1CCC(F)(C(=O)O)CC1. The Kier molecular flexibility index (Phi) is 6.63. The summed E-state index contributed by atoms with van der Waals surface area (Å²) in [4.78, 5) is 18.1. The molecule has 37 heavy (non-hydrogen) atoms. The van der Waals surface area contributed by atoms with Crippen molar-refractivity contribution in [3.63, 3.8) is 0 Å². The van der Waals surface area contributed by atoms with E-state index in [-0.39, 0.29) is 24.2 Å². The molecule has 2 aliphatic carbocycles. The molecule has 0 bridgehead atoms. The number of nitrogens with zero attached hydrogens (tertiary/aromatic N) is 5. The van der Waals surface area contributed by atoms with Crippen LogP contribution in [-0.4, -0.2) is 61.2 Å². The highest BCUT2D eigenvalue weighted by Crippen LogP contribution is 2.39. The highest BCUT2D eigenvalue weighted by atomic mass is 19.1. The van der Waals surface area contributed by atoms with E-state index in [0.29, 0.717) is 30.7 Å². The second kappa shape index (κ2) is 9.49. The fourth-order valence-corrected chi connectivity index (χ4v) is 6.21. The third-order valence-corrected chi connectivity index (χ3v) is 8.69. The average molecular weight is 512 g/mol. The fraction of sp³-hybridized carbons (Fsp3) is 0.643. The lowest BCUT2D eigenvalue weighted by Gasteiger charge is -2.35. The quantitative estimate of drug-likeness (QED) is 0.592. The van der Waals surface area contributed by atoms with Crippen LogP contribution in [0.1, 0.15) is 70.5 Å². The molecule has 0 radical (unpaired) electrons. The third kappa shape index (κ3) is 5.02. The van der Waals surface area contributed by atoms with Crippen LogP contribution in [0.15, 0.2) is 22.2 Å². The summed E-state index contributed by atoms with van der Waals surface area (Å²) in [6, 6.07) is 0. The smallest absolute Gasteiger partial charge is 0.341 e. The van der Waals surface area contributed by atoms with Gasteiger partial charge in [0.15, 0.2) is 5.69 Å². The fourth-order valence-electron chi connectivity index (χ4n) is 6.21. The average Bonchev–Trinajstić information content (AvgIpc) is 3.44. The number of allylic oxidation sites excluding steroid dienone is 4. The Bertz CT molecular complexity index is 1250. The summed E-state index contributed by atoms with van der Waals surface area (Å²) >= 11 is 0. The Balaban J connectivity index is 1.25. The van der Waals surface area contributed by atoms with Crippen molar-refractivity contribution < 1.29 is 18.8 Å². The number of alkyl halides is 1. The first-order chi connectivity index (χ1) is 17.5. The Morgan fingerprint density at radius 1 is 1.27 bits per heavy atom. The number of likely N-dealkylation sites (tertiary alicyclic amines) is 1. The van der Waals surface area contributed by atoms with Gasteiger partial charge in [0.05, 0.1) is 0 Å². The highest BCUT2D eigenvalue weighted by Gasteiger charge is 2.42. The van der Waals surface area contributed by atoms with Crippen molar-refractivity contribution in [3.05, 3.63) is 34.8 Å². The van der Waals surface area contributed by atoms with Crippen LogP contribution >= 0.6 is 0 Å². The summed E-state index contributed by atoms with van der Waals surface area (Å²) in [6.07, 6.45) is 8.45. The van der Waals surface area contributed by atoms with E-state index in [1.165, 1.54) is 16.8 Å². The summed E-state index contributed by atoms with van der Waals surface area (Å²) in [5.74, 6) is 0.373. The van der Waals surface area contributed by atoms with Gasteiger partial charge in [0, 0.05) is 49.8 Å². The van der Waals surface area contributed by atoms with Gasteiger partial charge in [-0.3, -0.25) is 4.68 Å². The molecule has 2 atom stereocenters. The van der Waals surface area contributed by atoms with Crippen molar-refractivity contribution in [3.8, 4) is 11.6 Å². The van der Waals surface area contributed by atoms with Crippen LogP contribution in [0, 0.1) is 17.3 Å². The van der Waals surface area contributed by atoms with Crippen molar-refractivity contribution in [2.24, 2.45) is 24.3 Å². The van der Waals surface area contributed by atoms with Gasteiger partial charge in [0.25, 0.3) is 5.89 Å². The highest BCUT2D eigenvalue weighted by molar-refractivity contribution is 5.77. The first-order valence-electron chi connectivity index (χ1n) is 13.4. The van der Waals surface area contributed by atoms with Gasteiger partial charge in [-0.05, 0) is 56.4 Å². The molecule has 2 aromatic heterocycles. The van der Waals surface area contributed by atoms with Gasteiger partial charge in [-0.15, -0.1) is 0 Å². The topological polar surface area (TPSA) is 97.3 Å². The standard InChI is InChI=1S/C28H38FN5O3/c1-17-14-19(15-18(2)20(17)7-11-34-12-9-28(29,10-13-34)26(35)36)24-30-25(37-32-24)23-21-6-8-27(3,4)16-22(21)33(5)31-23/h14-15,17,20H,6-13,16H2,1-5H3,(H,35,36). The maximum Gasteiger partial charge on any atom is 0.341 e. The van der Waals surface area contributed by atoms with Crippen molar-refractivity contribution in [2.75, 3.05) is 19.6 Å². The number of carboxylic acid groups (broad SMARTS) is 1. The zero-order valence-corrected chi connectivity index (χ0v) is 22.6. The van der Waals surface area contributed by atoms with Crippen molar-refractivity contribution in [1.29, 1.82) is 0 Å². The van der Waals surface area contributed by atoms with E-state index in [9.17, 15) is 9.18 Å². The molecule has 1 N–H and O–H groups in total. The molecule has 0 amide bonds. The first-order valence-corrected chi connectivity index (χ1v) is 13.4. The van der Waals surface area contributed by atoms with Gasteiger partial charge in [-0.25, -0.2) is 9.18 Å². The van der Waals surface area contributed by atoms with E-state index in [1.54, 1.807) is 0 Å². The molecule has 1 fully saturated rings. The number of aryl methyl sites for hydroxylation is 1. The maximum absolute atomic E-state index is 14.3. The minimum Gasteiger partial charge on any atom is -0.479 e. The summed E-state index contributed by atoms with van der Waals surface area (Å²) in [5, 5.41) is 18.2. The molecule has 0 saturated carbocycles. The number of fused-ring (bicyclic) bond motifs is 1. The van der Waals surface area contributed by atoms with Crippen LogP contribution in [0.2, 0.25) is 0 Å². The summed E-state index contributed by atoms with van der Waals surface area (Å²) in [6.45, 7) is 10.7. The van der Waals surface area contributed by atoms with Gasteiger partial charge < -0.3 is 14.5 Å². The number of rotatable bonds is 6. The number of halogens is 1. The molecule has 8 nitrogen and oxygen atoms in total. The lowest BCUT2D eigenvalue weighted by atomic mass is 9.76. The Labute approximate surface area is 217 Å². The third-order valence-electron chi connectivity index (χ3n) is 8.69. The molecule has 3 heterocycles. The molecular weight excluding hydrogens is 473 g/mol. The number of carboxylic acids is 1. The van der Waals surface area contributed by atoms with Crippen molar-refractivity contribution in [1.82, 2.24) is 24.8 Å². The predicted octanol–water partition coefficient (Wildman–Crippen LogP) is 4.86. The van der Waals surface area contributed by atoms with Crippen LogP contribution in [-0.2, 0) is 24.7 Å². The van der Waals surface area contributed by atoms with Crippen LogP contribution < -0.4 is 0 Å². The van der Waals surface area contributed by atoms with Crippen LogP contribution in [0.3, 0.4) is 0 Å². The van der Waals surface area contributed by atoms with Crippen LogP contribution in [0.5, 0.6) is 0 Å². The number of hydrogen-bond donors (Lipinski definition) is 1. The summed E-state index contributed by atoms with van der Waals surface area (Å²) < 4.78 is 22.0. The van der Waals surface area contributed by atoms with E-state index < -0.39 is 11.6 Å². The molecule has 200 valence electrons. The predicted molar refractivity (Wildman–Crippen MR) is 138 cm³/mol. The lowest BCUT2D eigenvalue weighted by molar-refractivity contribution is -0.154. The molecule has 1 saturated heterocycles. The Hall–Kier alpha value is -2.81. The van der Waals surface area contributed by atoms with Gasteiger partial charge in [0.2, 0.25) is 11.5 Å². The monoisotopic (exact) mass is 511 g/mol. The van der Waals surface area contributed by atoms with Crippen LogP contribution in [0.4, 0.5) is 4.39 Å². The molecule has 1 aliphatic heterocycles. The Morgan fingerprint density at radius 3 is 2.68 bits per heavy atom. The first kappa shape index (κ1) is 25.8. The zero-order valence-electron chi connectivity index (χ0n) is 22.6. The molecule has 9 heteroatoms. The second-order valence-electron chi connectivity index (χ2n) is 12.0. The van der Waals surface area contributed by atoms with Crippen molar-refractivity contribution in [2.45, 2.75) is 71.9 Å². The van der Waals surface area contributed by atoms with Gasteiger partial charge >= 0.3 is 5.97 Å². The molecule has 3 aliphatic rings. The maximum atomic E-state index is 14.3. The van der Waals surface area contributed by atoms with Gasteiger partial charge in [-0.1, -0.05) is 43.7 Å². The van der Waals surface area contributed by atoms with E-state index in [2.05, 4.69) is 49.9 Å². The van der Waals surface area contributed by atoms with Gasteiger partial charge in [-0.2, -0.15) is 10.1 Å². The molecule has 2 unspecified atom stereocenters. The molecule has 5 rings (SSSR count). The normalized spacial score (nSPS) is 25.4. The lowest BCUT2D eigenvalue weighted by Crippen LogP contribution is -2.46. The Morgan fingerprint density at radius 2 is 2.00 bits per heavy atom. The minimum absolute atomic E-state index is 0.0544. The van der Waals surface area contributed by atoms with Crippen molar-refractivity contribution >= 4 is 11.5 Å². The minimum atomic E-state index is -2.07. The largest absolute Gasteiger partial charge is 0.479 e. The van der Waals surface area contributed by atoms with E-state index in [0.717, 1.165) is 43.5 Å². The van der Waals surface area contributed by atoms with E-state index in [4.69, 9.17) is 19.7 Å². The second-order valence-corrected chi connectivity index (χ2v) is 12.0. The summed E-state index contributed by atoms with van der Waals surface area (Å²) in [5.41, 5.74) is 3.70. The molecule has 0 spiro atoms. The number of hydrogen-bond acceptors (Lipinski definition) is 6. The van der Waals surface area contributed by atoms with Crippen LogP contribution in [0.25, 0.3) is 17.2 Å². The molecule has 2 aromatic rings. The van der Waals surface area contributed by atoms with E-state index >= 15 is 0 Å². The van der Waals surface area contributed by atoms with E-state index in [1.807, 2.05) is 11.7 Å². The number of piperidine rings is 1. The number of aromatic nitrogens is 4. The molecule has 0 aromatic carbocycles. The molecular formula is C28H38FN5O3. The number of carbonyl (C=O) groups is 1. The zero-order chi connectivity index (χ0) is 26.5.